The molecule has 0 bridgehead atoms. The molecule has 0 saturated carbocycles. The molecule has 1 heterocycles. The van der Waals surface area contributed by atoms with Crippen LogP contribution in [-0.4, -0.2) is 22.9 Å². The van der Waals surface area contributed by atoms with E-state index in [1.54, 1.807) is 6.07 Å². The predicted molar refractivity (Wildman–Crippen MR) is 79.7 cm³/mol. The van der Waals surface area contributed by atoms with E-state index in [0.29, 0.717) is 10.9 Å². The number of Topliss-reactive ketones (excluding diaryl/α,β-unsaturated/α-hetero) is 1. The molecule has 0 aliphatic rings. The van der Waals surface area contributed by atoms with Crippen molar-refractivity contribution in [2.75, 3.05) is 6.54 Å². The molecule has 0 amide bonds. The van der Waals surface area contributed by atoms with Crippen LogP contribution in [0.2, 0.25) is 0 Å². The van der Waals surface area contributed by atoms with Crippen LogP contribution in [0.5, 0.6) is 0 Å². The highest BCUT2D eigenvalue weighted by molar-refractivity contribution is 6.10. The van der Waals surface area contributed by atoms with Crippen molar-refractivity contribution in [3.05, 3.63) is 35.8 Å². The minimum absolute atomic E-state index is 0.0390. The molecule has 2 rings (SSSR count). The van der Waals surface area contributed by atoms with E-state index < -0.39 is 0 Å². The standard InChI is InChI=1S/C16H21FN2O/c1-4-14(18-5-2)16(20)13-10-19(6-3)15-8-7-11(17)9-12(13)15/h7-10,14,18H,4-6H2,1-3H3. The molecule has 1 atom stereocenters. The van der Waals surface area contributed by atoms with Gasteiger partial charge in [0.2, 0.25) is 0 Å². The fourth-order valence-electron chi connectivity index (χ4n) is 2.58. The maximum Gasteiger partial charge on any atom is 0.181 e. The topological polar surface area (TPSA) is 34.0 Å². The van der Waals surface area contributed by atoms with Crippen molar-refractivity contribution in [2.24, 2.45) is 0 Å². The van der Waals surface area contributed by atoms with Crippen LogP contribution in [0.15, 0.2) is 24.4 Å². The highest BCUT2D eigenvalue weighted by Crippen LogP contribution is 2.24. The van der Waals surface area contributed by atoms with Crippen molar-refractivity contribution in [3.63, 3.8) is 0 Å². The first-order valence-electron chi connectivity index (χ1n) is 7.18. The van der Waals surface area contributed by atoms with Gasteiger partial charge in [-0.05, 0) is 38.1 Å². The van der Waals surface area contributed by atoms with Gasteiger partial charge >= 0.3 is 0 Å². The quantitative estimate of drug-likeness (QED) is 0.821. The molecule has 1 aromatic carbocycles. The summed E-state index contributed by atoms with van der Waals surface area (Å²) in [6, 6.07) is 4.41. The average molecular weight is 276 g/mol. The van der Waals surface area contributed by atoms with E-state index in [4.69, 9.17) is 0 Å². The molecule has 4 heteroatoms. The van der Waals surface area contributed by atoms with Gasteiger partial charge in [-0.2, -0.15) is 0 Å². The third-order valence-corrected chi connectivity index (χ3v) is 3.62. The average Bonchev–Trinajstić information content (AvgIpc) is 2.81. The summed E-state index contributed by atoms with van der Waals surface area (Å²) in [6.07, 6.45) is 2.56. The molecule has 0 radical (unpaired) electrons. The maximum atomic E-state index is 13.5. The number of hydrogen-bond acceptors (Lipinski definition) is 2. The largest absolute Gasteiger partial charge is 0.347 e. The number of halogens is 1. The fraction of sp³-hybridized carbons (Fsp3) is 0.438. The molecule has 1 aromatic heterocycles. The molecule has 1 unspecified atom stereocenters. The molecule has 0 aliphatic heterocycles. The van der Waals surface area contributed by atoms with Crippen LogP contribution in [0.25, 0.3) is 10.9 Å². The van der Waals surface area contributed by atoms with E-state index in [1.165, 1.54) is 12.1 Å². The maximum absolute atomic E-state index is 13.5. The Bertz CT molecular complexity index is 618. The first kappa shape index (κ1) is 14.7. The second-order valence-electron chi connectivity index (χ2n) is 4.87. The number of hydrogen-bond donors (Lipinski definition) is 1. The normalized spacial score (nSPS) is 12.8. The number of ketones is 1. The summed E-state index contributed by atoms with van der Waals surface area (Å²) in [4.78, 5) is 12.6. The zero-order valence-electron chi connectivity index (χ0n) is 12.2. The lowest BCUT2D eigenvalue weighted by Gasteiger charge is -2.13. The first-order valence-corrected chi connectivity index (χ1v) is 7.18. The number of nitrogens with one attached hydrogen (secondary N) is 1. The molecule has 3 nitrogen and oxygen atoms in total. The van der Waals surface area contributed by atoms with Crippen LogP contribution in [0.3, 0.4) is 0 Å². The SMILES string of the molecule is CCNC(CC)C(=O)c1cn(CC)c2ccc(F)cc12. The van der Waals surface area contributed by atoms with E-state index in [-0.39, 0.29) is 17.6 Å². The van der Waals surface area contributed by atoms with E-state index in [1.807, 2.05) is 31.5 Å². The van der Waals surface area contributed by atoms with Gasteiger partial charge in [-0.15, -0.1) is 0 Å². The molecule has 1 N–H and O–H groups in total. The third-order valence-electron chi connectivity index (χ3n) is 3.62. The number of fused-ring (bicyclic) bond motifs is 1. The number of carbonyl (C=O) groups excluding carboxylic acids is 1. The van der Waals surface area contributed by atoms with Gasteiger partial charge in [0.1, 0.15) is 5.82 Å². The van der Waals surface area contributed by atoms with Crippen LogP contribution in [0.1, 0.15) is 37.6 Å². The lowest BCUT2D eigenvalue weighted by atomic mass is 10.0. The number of benzene rings is 1. The van der Waals surface area contributed by atoms with Crippen molar-refractivity contribution in [3.8, 4) is 0 Å². The molecule has 108 valence electrons. The smallest absolute Gasteiger partial charge is 0.181 e. The number of aryl methyl sites for hydroxylation is 1. The summed E-state index contributed by atoms with van der Waals surface area (Å²) in [5.74, 6) is -0.269. The van der Waals surface area contributed by atoms with E-state index in [0.717, 1.165) is 25.0 Å². The van der Waals surface area contributed by atoms with Crippen molar-refractivity contribution in [1.82, 2.24) is 9.88 Å². The van der Waals surface area contributed by atoms with Crippen molar-refractivity contribution in [1.29, 1.82) is 0 Å². The third kappa shape index (κ3) is 2.61. The van der Waals surface area contributed by atoms with Crippen LogP contribution in [-0.2, 0) is 6.54 Å². The zero-order valence-corrected chi connectivity index (χ0v) is 12.2. The van der Waals surface area contributed by atoms with Gasteiger partial charge in [0.15, 0.2) is 5.78 Å². The van der Waals surface area contributed by atoms with Crippen molar-refractivity contribution < 1.29 is 9.18 Å². The van der Waals surface area contributed by atoms with Gasteiger partial charge in [-0.25, -0.2) is 4.39 Å². The first-order chi connectivity index (χ1) is 9.62. The number of carbonyl (C=O) groups is 1. The molecule has 0 aliphatic carbocycles. The predicted octanol–water partition coefficient (Wildman–Crippen LogP) is 3.37. The van der Waals surface area contributed by atoms with Crippen LogP contribution in [0.4, 0.5) is 4.39 Å². The molecule has 2 aromatic rings. The highest BCUT2D eigenvalue weighted by atomic mass is 19.1. The summed E-state index contributed by atoms with van der Waals surface area (Å²) in [7, 11) is 0. The Balaban J connectivity index is 2.53. The minimum atomic E-state index is -0.308. The Kier molecular flexibility index (Phi) is 4.55. The van der Waals surface area contributed by atoms with Crippen molar-refractivity contribution >= 4 is 16.7 Å². The monoisotopic (exact) mass is 276 g/mol. The second-order valence-corrected chi connectivity index (χ2v) is 4.87. The number of nitrogens with zero attached hydrogens (tertiary/aromatic N) is 1. The highest BCUT2D eigenvalue weighted by Gasteiger charge is 2.21. The molecule has 20 heavy (non-hydrogen) atoms. The van der Waals surface area contributed by atoms with Crippen LogP contribution >= 0.6 is 0 Å². The van der Waals surface area contributed by atoms with Gasteiger partial charge in [0.05, 0.1) is 6.04 Å². The summed E-state index contributed by atoms with van der Waals surface area (Å²) in [5, 5.41) is 3.89. The van der Waals surface area contributed by atoms with E-state index in [9.17, 15) is 9.18 Å². The molecule has 0 spiro atoms. The second kappa shape index (κ2) is 6.18. The lowest BCUT2D eigenvalue weighted by Crippen LogP contribution is -2.35. The van der Waals surface area contributed by atoms with Crippen LogP contribution in [0, 0.1) is 5.82 Å². The Morgan fingerprint density at radius 3 is 2.70 bits per heavy atom. The number of rotatable bonds is 6. The summed E-state index contributed by atoms with van der Waals surface area (Å²) in [6.45, 7) is 7.47. The zero-order chi connectivity index (χ0) is 14.7. The summed E-state index contributed by atoms with van der Waals surface area (Å²) in [5.41, 5.74) is 1.51. The van der Waals surface area contributed by atoms with E-state index in [2.05, 4.69) is 5.32 Å². The van der Waals surface area contributed by atoms with Gasteiger partial charge in [0.25, 0.3) is 0 Å². The van der Waals surface area contributed by atoms with Gasteiger partial charge in [-0.1, -0.05) is 13.8 Å². The van der Waals surface area contributed by atoms with Crippen molar-refractivity contribution in [2.45, 2.75) is 39.8 Å². The Hall–Kier alpha value is -1.68. The fourth-order valence-corrected chi connectivity index (χ4v) is 2.58. The molecular weight excluding hydrogens is 255 g/mol. The molecule has 0 saturated heterocycles. The Morgan fingerprint density at radius 2 is 2.10 bits per heavy atom. The van der Waals surface area contributed by atoms with E-state index >= 15 is 0 Å². The molecular formula is C16H21FN2O. The van der Waals surface area contributed by atoms with Gasteiger partial charge in [0, 0.05) is 29.2 Å². The van der Waals surface area contributed by atoms with Crippen LogP contribution < -0.4 is 5.32 Å². The molecule has 0 fully saturated rings. The van der Waals surface area contributed by atoms with Gasteiger partial charge < -0.3 is 9.88 Å². The Labute approximate surface area is 118 Å². The number of likely N-dealkylation sites (N-methyl/N-ethyl adjacent to an activating group) is 1. The lowest BCUT2D eigenvalue weighted by molar-refractivity contribution is 0.0943. The Morgan fingerprint density at radius 1 is 1.35 bits per heavy atom. The van der Waals surface area contributed by atoms with Gasteiger partial charge in [-0.3, -0.25) is 4.79 Å². The summed E-state index contributed by atoms with van der Waals surface area (Å²) < 4.78 is 15.5. The minimum Gasteiger partial charge on any atom is -0.347 e. The number of aromatic nitrogens is 1. The summed E-state index contributed by atoms with van der Waals surface area (Å²) >= 11 is 0.